The highest BCUT2D eigenvalue weighted by atomic mass is 35.5. The molecule has 0 aliphatic rings. The monoisotopic (exact) mass is 277 g/mol. The molecule has 0 aliphatic heterocycles. The molecule has 1 heterocycles. The van der Waals surface area contributed by atoms with Gasteiger partial charge < -0.3 is 5.73 Å². The van der Waals surface area contributed by atoms with E-state index in [1.165, 1.54) is 11.3 Å². The number of benzene rings is 1. The lowest BCUT2D eigenvalue weighted by Gasteiger charge is -2.15. The standard InChI is InChI=1S/C15H20ClN3/c1-10(2)15-12(7-8-17)9-18-19(15)14-6-4-5-13(16)11(14)3/h4-6,9-10H,7-8,17H2,1-3H3. The summed E-state index contributed by atoms with van der Waals surface area (Å²) in [5, 5.41) is 5.30. The van der Waals surface area contributed by atoms with E-state index in [2.05, 4.69) is 18.9 Å². The first-order chi connectivity index (χ1) is 9.06. The Bertz CT molecular complexity index is 573. The van der Waals surface area contributed by atoms with Crippen molar-refractivity contribution in [2.45, 2.75) is 33.1 Å². The minimum Gasteiger partial charge on any atom is -0.330 e. The van der Waals surface area contributed by atoms with Crippen molar-refractivity contribution in [2.24, 2.45) is 5.73 Å². The normalized spacial score (nSPS) is 11.3. The molecule has 0 unspecified atom stereocenters. The lowest BCUT2D eigenvalue weighted by Crippen LogP contribution is -2.09. The Morgan fingerprint density at radius 1 is 1.37 bits per heavy atom. The predicted molar refractivity (Wildman–Crippen MR) is 80.2 cm³/mol. The molecule has 0 bridgehead atoms. The lowest BCUT2D eigenvalue weighted by molar-refractivity contribution is 0.721. The summed E-state index contributed by atoms with van der Waals surface area (Å²) in [5.41, 5.74) is 10.2. The van der Waals surface area contributed by atoms with Crippen LogP contribution in [0, 0.1) is 6.92 Å². The molecule has 0 amide bonds. The molecule has 0 atom stereocenters. The highest BCUT2D eigenvalue weighted by molar-refractivity contribution is 6.31. The van der Waals surface area contributed by atoms with Crippen LogP contribution in [0.4, 0.5) is 0 Å². The lowest BCUT2D eigenvalue weighted by atomic mass is 10.0. The van der Waals surface area contributed by atoms with Crippen LogP contribution in [0.5, 0.6) is 0 Å². The third-order valence-corrected chi connectivity index (χ3v) is 3.72. The smallest absolute Gasteiger partial charge is 0.0693 e. The summed E-state index contributed by atoms with van der Waals surface area (Å²) < 4.78 is 2.00. The molecule has 0 spiro atoms. The average Bonchev–Trinajstić information content (AvgIpc) is 2.77. The number of nitrogens with zero attached hydrogens (tertiary/aromatic N) is 2. The summed E-state index contributed by atoms with van der Waals surface area (Å²) >= 11 is 6.20. The third-order valence-electron chi connectivity index (χ3n) is 3.31. The van der Waals surface area contributed by atoms with Crippen LogP contribution in [0.2, 0.25) is 5.02 Å². The van der Waals surface area contributed by atoms with Crippen molar-refractivity contribution in [3.8, 4) is 5.69 Å². The molecular weight excluding hydrogens is 258 g/mol. The zero-order chi connectivity index (χ0) is 14.0. The van der Waals surface area contributed by atoms with Gasteiger partial charge in [0.25, 0.3) is 0 Å². The van der Waals surface area contributed by atoms with Crippen molar-refractivity contribution >= 4 is 11.6 Å². The first-order valence-electron chi connectivity index (χ1n) is 6.58. The maximum atomic E-state index is 6.20. The van der Waals surface area contributed by atoms with Crippen molar-refractivity contribution in [3.05, 3.63) is 46.2 Å². The molecule has 0 saturated heterocycles. The zero-order valence-corrected chi connectivity index (χ0v) is 12.4. The number of hydrogen-bond acceptors (Lipinski definition) is 2. The van der Waals surface area contributed by atoms with Crippen LogP contribution in [0.15, 0.2) is 24.4 Å². The highest BCUT2D eigenvalue weighted by Crippen LogP contribution is 2.27. The number of nitrogens with two attached hydrogens (primary N) is 1. The minimum atomic E-state index is 0.391. The Morgan fingerprint density at radius 3 is 2.74 bits per heavy atom. The first-order valence-corrected chi connectivity index (χ1v) is 6.96. The highest BCUT2D eigenvalue weighted by Gasteiger charge is 2.16. The third kappa shape index (κ3) is 2.67. The average molecular weight is 278 g/mol. The Balaban J connectivity index is 2.59. The van der Waals surface area contributed by atoms with Crippen molar-refractivity contribution < 1.29 is 0 Å². The van der Waals surface area contributed by atoms with E-state index in [0.29, 0.717) is 12.5 Å². The van der Waals surface area contributed by atoms with E-state index in [1.54, 1.807) is 0 Å². The predicted octanol–water partition coefficient (Wildman–Crippen LogP) is 3.46. The van der Waals surface area contributed by atoms with E-state index < -0.39 is 0 Å². The number of hydrogen-bond donors (Lipinski definition) is 1. The van der Waals surface area contributed by atoms with E-state index in [1.807, 2.05) is 36.0 Å². The fourth-order valence-electron chi connectivity index (χ4n) is 2.37. The summed E-state index contributed by atoms with van der Waals surface area (Å²) in [4.78, 5) is 0. The van der Waals surface area contributed by atoms with Crippen LogP contribution < -0.4 is 5.73 Å². The Labute approximate surface area is 119 Å². The Hall–Kier alpha value is -1.32. The van der Waals surface area contributed by atoms with Crippen molar-refractivity contribution in [2.75, 3.05) is 6.54 Å². The molecule has 0 saturated carbocycles. The van der Waals surface area contributed by atoms with Gasteiger partial charge in [0.1, 0.15) is 0 Å². The molecule has 19 heavy (non-hydrogen) atoms. The van der Waals surface area contributed by atoms with Gasteiger partial charge in [-0.25, -0.2) is 4.68 Å². The number of halogens is 1. The first kappa shape index (κ1) is 14.1. The summed E-state index contributed by atoms with van der Waals surface area (Å²) in [6.45, 7) is 7.01. The van der Waals surface area contributed by atoms with Gasteiger partial charge in [-0.3, -0.25) is 0 Å². The Morgan fingerprint density at radius 2 is 2.11 bits per heavy atom. The Kier molecular flexibility index (Phi) is 4.27. The van der Waals surface area contributed by atoms with E-state index >= 15 is 0 Å². The molecule has 2 rings (SSSR count). The SMILES string of the molecule is Cc1c(Cl)cccc1-n1ncc(CCN)c1C(C)C. The number of aromatic nitrogens is 2. The zero-order valence-electron chi connectivity index (χ0n) is 11.7. The summed E-state index contributed by atoms with van der Waals surface area (Å²) in [7, 11) is 0. The van der Waals surface area contributed by atoms with Gasteiger partial charge in [-0.15, -0.1) is 0 Å². The van der Waals surface area contributed by atoms with Gasteiger partial charge in [0.15, 0.2) is 0 Å². The van der Waals surface area contributed by atoms with Crippen LogP contribution in [-0.4, -0.2) is 16.3 Å². The fourth-order valence-corrected chi connectivity index (χ4v) is 2.54. The molecule has 0 fully saturated rings. The second kappa shape index (κ2) is 5.76. The molecule has 3 nitrogen and oxygen atoms in total. The van der Waals surface area contributed by atoms with Crippen LogP contribution >= 0.6 is 11.6 Å². The molecule has 0 aliphatic carbocycles. The maximum Gasteiger partial charge on any atom is 0.0693 e. The van der Waals surface area contributed by atoms with Gasteiger partial charge in [-0.2, -0.15) is 5.10 Å². The molecule has 0 radical (unpaired) electrons. The summed E-state index contributed by atoms with van der Waals surface area (Å²) in [6, 6.07) is 5.91. The van der Waals surface area contributed by atoms with Crippen LogP contribution in [0.25, 0.3) is 5.69 Å². The minimum absolute atomic E-state index is 0.391. The molecule has 4 heteroatoms. The van der Waals surface area contributed by atoms with Crippen LogP contribution in [-0.2, 0) is 6.42 Å². The van der Waals surface area contributed by atoms with Gasteiger partial charge in [0.2, 0.25) is 0 Å². The van der Waals surface area contributed by atoms with Gasteiger partial charge >= 0.3 is 0 Å². The van der Waals surface area contributed by atoms with Gasteiger partial charge in [0, 0.05) is 5.02 Å². The van der Waals surface area contributed by atoms with Crippen molar-refractivity contribution in [3.63, 3.8) is 0 Å². The van der Waals surface area contributed by atoms with Crippen LogP contribution in [0.1, 0.15) is 36.6 Å². The molecule has 2 N–H and O–H groups in total. The summed E-state index contributed by atoms with van der Waals surface area (Å²) in [6.07, 6.45) is 2.77. The quantitative estimate of drug-likeness (QED) is 0.930. The van der Waals surface area contributed by atoms with Gasteiger partial charge in [0.05, 0.1) is 17.6 Å². The van der Waals surface area contributed by atoms with E-state index in [0.717, 1.165) is 22.7 Å². The topological polar surface area (TPSA) is 43.8 Å². The van der Waals surface area contributed by atoms with Gasteiger partial charge in [-0.05, 0) is 49.1 Å². The summed E-state index contributed by atoms with van der Waals surface area (Å²) in [5.74, 6) is 0.391. The number of rotatable bonds is 4. The molecule has 102 valence electrons. The fraction of sp³-hybridized carbons (Fsp3) is 0.400. The van der Waals surface area contributed by atoms with E-state index in [-0.39, 0.29) is 0 Å². The van der Waals surface area contributed by atoms with Crippen molar-refractivity contribution in [1.29, 1.82) is 0 Å². The molecule has 1 aromatic heterocycles. The molecular formula is C15H20ClN3. The second-order valence-electron chi connectivity index (χ2n) is 5.04. The van der Waals surface area contributed by atoms with Gasteiger partial charge in [-0.1, -0.05) is 31.5 Å². The molecule has 2 aromatic rings. The van der Waals surface area contributed by atoms with Crippen molar-refractivity contribution in [1.82, 2.24) is 9.78 Å². The van der Waals surface area contributed by atoms with Crippen LogP contribution in [0.3, 0.4) is 0 Å². The molecule has 1 aromatic carbocycles. The van der Waals surface area contributed by atoms with E-state index in [4.69, 9.17) is 17.3 Å². The second-order valence-corrected chi connectivity index (χ2v) is 5.45. The largest absolute Gasteiger partial charge is 0.330 e. The van der Waals surface area contributed by atoms with E-state index in [9.17, 15) is 0 Å². The maximum absolute atomic E-state index is 6.20.